The van der Waals surface area contributed by atoms with Crippen molar-refractivity contribution >= 4 is 0 Å². The largest absolute Gasteiger partial charge is 0.468 e. The van der Waals surface area contributed by atoms with Gasteiger partial charge in [-0.25, -0.2) is 0 Å². The van der Waals surface area contributed by atoms with Gasteiger partial charge in [0.2, 0.25) is 0 Å². The predicted molar refractivity (Wildman–Crippen MR) is 79.1 cm³/mol. The summed E-state index contributed by atoms with van der Waals surface area (Å²) in [6.45, 7) is 13.6. The lowest BCUT2D eigenvalue weighted by atomic mass is 9.92. The Balaban J connectivity index is 2.15. The monoisotopic (exact) mass is 264 g/mol. The molecule has 1 aliphatic rings. The molecule has 1 saturated heterocycles. The van der Waals surface area contributed by atoms with Crippen molar-refractivity contribution in [1.29, 1.82) is 0 Å². The van der Waals surface area contributed by atoms with Gasteiger partial charge in [-0.2, -0.15) is 0 Å². The molecule has 3 nitrogen and oxygen atoms in total. The Morgan fingerprint density at radius 3 is 2.47 bits per heavy atom. The Bertz CT molecular complexity index is 372. The number of nitrogens with one attached hydrogen (secondary N) is 1. The maximum atomic E-state index is 5.61. The van der Waals surface area contributed by atoms with Crippen LogP contribution in [0.15, 0.2) is 22.8 Å². The summed E-state index contributed by atoms with van der Waals surface area (Å²) in [7, 11) is 0. The predicted octanol–water partition coefficient (Wildman–Crippen LogP) is 3.30. The molecule has 0 saturated carbocycles. The summed E-state index contributed by atoms with van der Waals surface area (Å²) in [6.07, 6.45) is 1.78. The second-order valence-electron chi connectivity index (χ2n) is 6.46. The van der Waals surface area contributed by atoms with Crippen LogP contribution in [0, 0.1) is 11.8 Å². The van der Waals surface area contributed by atoms with Crippen LogP contribution in [0.2, 0.25) is 0 Å². The normalized spacial score (nSPS) is 27.1. The molecule has 1 fully saturated rings. The topological polar surface area (TPSA) is 28.4 Å². The van der Waals surface area contributed by atoms with Gasteiger partial charge in [0.25, 0.3) is 0 Å². The SMILES string of the molecule is CC(C)C1CN(C(C)c2ccco2)C(C(C)C)CN1. The summed E-state index contributed by atoms with van der Waals surface area (Å²) in [5.41, 5.74) is 0. The molecular weight excluding hydrogens is 236 g/mol. The van der Waals surface area contributed by atoms with Gasteiger partial charge in [0.15, 0.2) is 0 Å². The molecule has 1 aromatic heterocycles. The molecule has 3 atom stereocenters. The van der Waals surface area contributed by atoms with E-state index in [2.05, 4.69) is 50.9 Å². The summed E-state index contributed by atoms with van der Waals surface area (Å²) >= 11 is 0. The number of furan rings is 1. The zero-order valence-electron chi connectivity index (χ0n) is 12.9. The first-order valence-corrected chi connectivity index (χ1v) is 7.53. The van der Waals surface area contributed by atoms with E-state index >= 15 is 0 Å². The molecule has 0 aliphatic carbocycles. The highest BCUT2D eigenvalue weighted by atomic mass is 16.3. The fourth-order valence-corrected chi connectivity index (χ4v) is 3.02. The molecular formula is C16H28N2O. The fraction of sp³-hybridized carbons (Fsp3) is 0.750. The highest BCUT2D eigenvalue weighted by Gasteiger charge is 2.34. The number of nitrogens with zero attached hydrogens (tertiary/aromatic N) is 1. The summed E-state index contributed by atoms with van der Waals surface area (Å²) in [5.74, 6) is 2.40. The Labute approximate surface area is 117 Å². The Hall–Kier alpha value is -0.800. The molecule has 1 aliphatic heterocycles. The van der Waals surface area contributed by atoms with Gasteiger partial charge < -0.3 is 9.73 Å². The van der Waals surface area contributed by atoms with Gasteiger partial charge in [-0.15, -0.1) is 0 Å². The van der Waals surface area contributed by atoms with E-state index in [0.717, 1.165) is 18.8 Å². The molecule has 3 heteroatoms. The average Bonchev–Trinajstić information content (AvgIpc) is 2.90. The highest BCUT2D eigenvalue weighted by Crippen LogP contribution is 2.28. The second-order valence-corrected chi connectivity index (χ2v) is 6.46. The number of hydrogen-bond donors (Lipinski definition) is 1. The molecule has 1 N–H and O–H groups in total. The molecule has 0 spiro atoms. The van der Waals surface area contributed by atoms with Gasteiger partial charge in [-0.1, -0.05) is 27.7 Å². The lowest BCUT2D eigenvalue weighted by Gasteiger charge is -2.46. The molecule has 0 bridgehead atoms. The second kappa shape index (κ2) is 6.10. The lowest BCUT2D eigenvalue weighted by molar-refractivity contribution is 0.0434. The molecule has 0 radical (unpaired) electrons. The van der Waals surface area contributed by atoms with E-state index in [9.17, 15) is 0 Å². The lowest BCUT2D eigenvalue weighted by Crippen LogP contribution is -2.60. The maximum Gasteiger partial charge on any atom is 0.120 e. The molecule has 0 amide bonds. The summed E-state index contributed by atoms with van der Waals surface area (Å²) in [4.78, 5) is 2.62. The van der Waals surface area contributed by atoms with E-state index in [1.54, 1.807) is 6.26 Å². The van der Waals surface area contributed by atoms with E-state index in [-0.39, 0.29) is 0 Å². The first-order valence-electron chi connectivity index (χ1n) is 7.53. The van der Waals surface area contributed by atoms with Gasteiger partial charge >= 0.3 is 0 Å². The fourth-order valence-electron chi connectivity index (χ4n) is 3.02. The minimum absolute atomic E-state index is 0.353. The van der Waals surface area contributed by atoms with Crippen LogP contribution < -0.4 is 5.32 Å². The first-order chi connectivity index (χ1) is 9.00. The van der Waals surface area contributed by atoms with Crippen LogP contribution in [-0.4, -0.2) is 30.1 Å². The summed E-state index contributed by atoms with van der Waals surface area (Å²) in [6, 6.07) is 5.58. The van der Waals surface area contributed by atoms with Crippen molar-refractivity contribution in [3.63, 3.8) is 0 Å². The Kier molecular flexibility index (Phi) is 4.69. The highest BCUT2D eigenvalue weighted by molar-refractivity contribution is 5.06. The van der Waals surface area contributed by atoms with Crippen LogP contribution in [-0.2, 0) is 0 Å². The molecule has 2 rings (SSSR count). The Morgan fingerprint density at radius 1 is 1.21 bits per heavy atom. The zero-order chi connectivity index (χ0) is 14.0. The van der Waals surface area contributed by atoms with Gasteiger partial charge in [-0.05, 0) is 30.9 Å². The van der Waals surface area contributed by atoms with E-state index in [4.69, 9.17) is 4.42 Å². The molecule has 3 unspecified atom stereocenters. The average molecular weight is 264 g/mol. The van der Waals surface area contributed by atoms with E-state index in [0.29, 0.717) is 30.0 Å². The van der Waals surface area contributed by atoms with Crippen LogP contribution in [0.5, 0.6) is 0 Å². The maximum absolute atomic E-state index is 5.61. The Morgan fingerprint density at radius 2 is 1.95 bits per heavy atom. The third-order valence-electron chi connectivity index (χ3n) is 4.45. The van der Waals surface area contributed by atoms with Gasteiger partial charge in [0, 0.05) is 25.2 Å². The molecule has 1 aromatic rings. The first kappa shape index (κ1) is 14.6. The minimum atomic E-state index is 0.353. The number of rotatable bonds is 4. The molecule has 2 heterocycles. The third-order valence-corrected chi connectivity index (χ3v) is 4.45. The van der Waals surface area contributed by atoms with Crippen molar-refractivity contribution in [2.75, 3.05) is 13.1 Å². The van der Waals surface area contributed by atoms with Gasteiger partial charge in [0.05, 0.1) is 12.3 Å². The van der Waals surface area contributed by atoms with Gasteiger partial charge in [-0.3, -0.25) is 4.90 Å². The summed E-state index contributed by atoms with van der Waals surface area (Å²) in [5, 5.41) is 3.71. The quantitative estimate of drug-likeness (QED) is 0.904. The van der Waals surface area contributed by atoms with Crippen molar-refractivity contribution in [2.24, 2.45) is 11.8 Å². The van der Waals surface area contributed by atoms with Crippen LogP contribution in [0.25, 0.3) is 0 Å². The third kappa shape index (κ3) is 3.21. The van der Waals surface area contributed by atoms with Crippen LogP contribution >= 0.6 is 0 Å². The van der Waals surface area contributed by atoms with Crippen LogP contribution in [0.1, 0.15) is 46.4 Å². The number of piperazine rings is 1. The summed E-state index contributed by atoms with van der Waals surface area (Å²) < 4.78 is 5.61. The molecule has 19 heavy (non-hydrogen) atoms. The van der Waals surface area contributed by atoms with E-state index in [1.165, 1.54) is 0 Å². The van der Waals surface area contributed by atoms with E-state index < -0.39 is 0 Å². The van der Waals surface area contributed by atoms with Crippen molar-refractivity contribution in [3.8, 4) is 0 Å². The van der Waals surface area contributed by atoms with Crippen molar-refractivity contribution in [2.45, 2.75) is 52.7 Å². The molecule has 0 aromatic carbocycles. The van der Waals surface area contributed by atoms with Crippen molar-refractivity contribution < 1.29 is 4.42 Å². The zero-order valence-corrected chi connectivity index (χ0v) is 12.9. The van der Waals surface area contributed by atoms with Crippen LogP contribution in [0.3, 0.4) is 0 Å². The van der Waals surface area contributed by atoms with Gasteiger partial charge in [0.1, 0.15) is 5.76 Å². The van der Waals surface area contributed by atoms with Crippen molar-refractivity contribution in [3.05, 3.63) is 24.2 Å². The smallest absolute Gasteiger partial charge is 0.120 e. The molecule has 108 valence electrons. The van der Waals surface area contributed by atoms with E-state index in [1.807, 2.05) is 6.07 Å². The van der Waals surface area contributed by atoms with Crippen molar-refractivity contribution in [1.82, 2.24) is 10.2 Å². The standard InChI is InChI=1S/C16H28N2O/c1-11(2)14-10-18(15(9-17-14)12(3)4)13(5)16-7-6-8-19-16/h6-8,11-15,17H,9-10H2,1-5H3. The number of hydrogen-bond acceptors (Lipinski definition) is 3. The van der Waals surface area contributed by atoms with Crippen LogP contribution in [0.4, 0.5) is 0 Å². The minimum Gasteiger partial charge on any atom is -0.468 e.